The van der Waals surface area contributed by atoms with Crippen LogP contribution in [0.3, 0.4) is 0 Å². The highest BCUT2D eigenvalue weighted by atomic mass is 32.1. The van der Waals surface area contributed by atoms with Gasteiger partial charge in [0.1, 0.15) is 9.88 Å². The summed E-state index contributed by atoms with van der Waals surface area (Å²) in [7, 11) is 0. The Bertz CT molecular complexity index is 737. The number of benzene rings is 1. The highest BCUT2D eigenvalue weighted by molar-refractivity contribution is 7.24. The predicted molar refractivity (Wildman–Crippen MR) is 81.6 cm³/mol. The third-order valence-corrected chi connectivity index (χ3v) is 4.70. The maximum absolute atomic E-state index is 5.81. The number of hydrogen-bond donors (Lipinski definition) is 1. The number of fused-ring (bicyclic) bond motifs is 1. The topological polar surface area (TPSA) is 64.7 Å². The van der Waals surface area contributed by atoms with Crippen molar-refractivity contribution in [3.05, 3.63) is 23.9 Å². The van der Waals surface area contributed by atoms with Gasteiger partial charge < -0.3 is 5.73 Å². The summed E-state index contributed by atoms with van der Waals surface area (Å²) in [5.74, 6) is 0. The molecule has 0 radical (unpaired) electrons. The molecule has 1 aromatic carbocycles. The molecule has 0 fully saturated rings. The number of thiazole rings is 1. The molecule has 3 rings (SSSR count). The molecular formula is C13H14N4S2. The van der Waals surface area contributed by atoms with Gasteiger partial charge in [0.15, 0.2) is 0 Å². The lowest BCUT2D eigenvalue weighted by Gasteiger charge is -2.15. The lowest BCUT2D eigenvalue weighted by atomic mass is 9.91. The van der Waals surface area contributed by atoms with Gasteiger partial charge in [-0.3, -0.25) is 0 Å². The van der Waals surface area contributed by atoms with E-state index in [2.05, 4.69) is 35.3 Å². The number of nitrogens with zero attached hydrogens (tertiary/aromatic N) is 3. The molecule has 0 saturated carbocycles. The highest BCUT2D eigenvalue weighted by Crippen LogP contribution is 2.38. The van der Waals surface area contributed by atoms with Crippen molar-refractivity contribution in [2.24, 2.45) is 0 Å². The van der Waals surface area contributed by atoms with E-state index in [-0.39, 0.29) is 5.41 Å². The minimum absolute atomic E-state index is 0.0286. The van der Waals surface area contributed by atoms with Crippen LogP contribution in [0.4, 0.5) is 5.69 Å². The third-order valence-electron chi connectivity index (χ3n) is 2.81. The molecule has 0 aliphatic carbocycles. The van der Waals surface area contributed by atoms with Crippen LogP contribution in [0.1, 0.15) is 26.5 Å². The molecule has 0 bridgehead atoms. The Hall–Kier alpha value is -1.53. The van der Waals surface area contributed by atoms with E-state index in [0.717, 1.165) is 31.5 Å². The summed E-state index contributed by atoms with van der Waals surface area (Å²) in [5, 5.41) is 5.23. The Morgan fingerprint density at radius 2 is 2.00 bits per heavy atom. The van der Waals surface area contributed by atoms with Crippen LogP contribution in [0.2, 0.25) is 0 Å². The first-order chi connectivity index (χ1) is 8.95. The van der Waals surface area contributed by atoms with Gasteiger partial charge in [0.2, 0.25) is 0 Å². The van der Waals surface area contributed by atoms with Crippen molar-refractivity contribution in [1.82, 2.24) is 14.6 Å². The Kier molecular flexibility index (Phi) is 2.79. The average Bonchev–Trinajstić information content (AvgIpc) is 2.92. The molecule has 0 saturated heterocycles. The summed E-state index contributed by atoms with van der Waals surface area (Å²) >= 11 is 3.04. The van der Waals surface area contributed by atoms with Gasteiger partial charge in [-0.1, -0.05) is 25.3 Å². The monoisotopic (exact) mass is 290 g/mol. The van der Waals surface area contributed by atoms with Crippen LogP contribution in [0, 0.1) is 0 Å². The molecule has 0 aliphatic heterocycles. The van der Waals surface area contributed by atoms with Crippen LogP contribution < -0.4 is 5.73 Å². The average molecular weight is 290 g/mol. The fourth-order valence-electron chi connectivity index (χ4n) is 1.86. The van der Waals surface area contributed by atoms with Gasteiger partial charge in [0.05, 0.1) is 15.9 Å². The Balaban J connectivity index is 2.17. The van der Waals surface area contributed by atoms with E-state index in [9.17, 15) is 0 Å². The SMILES string of the molecule is CC(C)(C)c1nnsc1-c1nc2ccc(N)cc2s1. The fourth-order valence-corrected chi connectivity index (χ4v) is 3.81. The summed E-state index contributed by atoms with van der Waals surface area (Å²) < 4.78 is 5.19. The molecule has 6 heteroatoms. The van der Waals surface area contributed by atoms with Crippen molar-refractivity contribution in [3.63, 3.8) is 0 Å². The Morgan fingerprint density at radius 1 is 1.21 bits per heavy atom. The summed E-state index contributed by atoms with van der Waals surface area (Å²) in [4.78, 5) is 5.73. The Morgan fingerprint density at radius 3 is 2.74 bits per heavy atom. The first kappa shape index (κ1) is 12.5. The lowest BCUT2D eigenvalue weighted by molar-refractivity contribution is 0.568. The maximum atomic E-state index is 5.81. The van der Waals surface area contributed by atoms with E-state index >= 15 is 0 Å². The van der Waals surface area contributed by atoms with Gasteiger partial charge >= 0.3 is 0 Å². The zero-order chi connectivity index (χ0) is 13.6. The highest BCUT2D eigenvalue weighted by Gasteiger charge is 2.24. The summed E-state index contributed by atoms with van der Waals surface area (Å²) in [6, 6.07) is 5.79. The number of rotatable bonds is 1. The van der Waals surface area contributed by atoms with E-state index in [1.54, 1.807) is 11.3 Å². The molecule has 19 heavy (non-hydrogen) atoms. The summed E-state index contributed by atoms with van der Waals surface area (Å²) in [6.45, 7) is 6.41. The zero-order valence-corrected chi connectivity index (χ0v) is 12.6. The van der Waals surface area contributed by atoms with Crippen molar-refractivity contribution in [3.8, 4) is 9.88 Å². The van der Waals surface area contributed by atoms with Crippen LogP contribution in [-0.2, 0) is 5.41 Å². The van der Waals surface area contributed by atoms with Gasteiger partial charge in [0, 0.05) is 11.1 Å². The molecule has 0 spiro atoms. The summed E-state index contributed by atoms with van der Waals surface area (Å²) in [5.41, 5.74) is 8.52. The van der Waals surface area contributed by atoms with Crippen molar-refractivity contribution in [2.75, 3.05) is 5.73 Å². The van der Waals surface area contributed by atoms with E-state index in [0.29, 0.717) is 0 Å². The zero-order valence-electron chi connectivity index (χ0n) is 11.0. The summed E-state index contributed by atoms with van der Waals surface area (Å²) in [6.07, 6.45) is 0. The van der Waals surface area contributed by atoms with Crippen LogP contribution in [0.5, 0.6) is 0 Å². The standard InChI is InChI=1S/C13H14N4S2/c1-13(2,3)11-10(19-17-16-11)12-15-8-5-4-7(14)6-9(8)18-12/h4-6H,14H2,1-3H3. The minimum atomic E-state index is -0.0286. The second-order valence-corrected chi connectivity index (χ2v) is 7.23. The van der Waals surface area contributed by atoms with Crippen LogP contribution in [0.25, 0.3) is 20.1 Å². The van der Waals surface area contributed by atoms with Gasteiger partial charge in [-0.25, -0.2) is 4.98 Å². The normalized spacial score (nSPS) is 12.2. The largest absolute Gasteiger partial charge is 0.399 e. The molecular weight excluding hydrogens is 276 g/mol. The first-order valence-electron chi connectivity index (χ1n) is 5.94. The maximum Gasteiger partial charge on any atom is 0.138 e. The Labute approximate surface area is 119 Å². The van der Waals surface area contributed by atoms with E-state index in [1.807, 2.05) is 18.2 Å². The lowest BCUT2D eigenvalue weighted by Crippen LogP contribution is -2.12. The third kappa shape index (κ3) is 2.21. The number of hydrogen-bond acceptors (Lipinski definition) is 6. The molecule has 2 heterocycles. The minimum Gasteiger partial charge on any atom is -0.399 e. The van der Waals surface area contributed by atoms with E-state index < -0.39 is 0 Å². The van der Waals surface area contributed by atoms with E-state index in [1.165, 1.54) is 11.5 Å². The quantitative estimate of drug-likeness (QED) is 0.694. The molecule has 0 unspecified atom stereocenters. The second-order valence-electron chi connectivity index (χ2n) is 5.45. The number of nitrogen functional groups attached to an aromatic ring is 1. The molecule has 2 aromatic heterocycles. The second kappa shape index (κ2) is 4.25. The van der Waals surface area contributed by atoms with E-state index in [4.69, 9.17) is 5.73 Å². The van der Waals surface area contributed by atoms with Gasteiger partial charge in [0.25, 0.3) is 0 Å². The molecule has 0 aliphatic rings. The van der Waals surface area contributed by atoms with Crippen molar-refractivity contribution < 1.29 is 0 Å². The van der Waals surface area contributed by atoms with Crippen molar-refractivity contribution in [1.29, 1.82) is 0 Å². The molecule has 0 atom stereocenters. The number of anilines is 1. The van der Waals surface area contributed by atoms with Crippen LogP contribution in [0.15, 0.2) is 18.2 Å². The molecule has 3 aromatic rings. The van der Waals surface area contributed by atoms with Crippen LogP contribution >= 0.6 is 22.9 Å². The first-order valence-corrected chi connectivity index (χ1v) is 7.53. The number of aromatic nitrogens is 3. The van der Waals surface area contributed by atoms with Crippen molar-refractivity contribution >= 4 is 38.8 Å². The fraction of sp³-hybridized carbons (Fsp3) is 0.308. The number of nitrogens with two attached hydrogens (primary N) is 1. The van der Waals surface area contributed by atoms with Gasteiger partial charge in [-0.05, 0) is 29.7 Å². The molecule has 98 valence electrons. The van der Waals surface area contributed by atoms with Gasteiger partial charge in [-0.2, -0.15) is 0 Å². The predicted octanol–water partition coefficient (Wildman–Crippen LogP) is 3.69. The smallest absolute Gasteiger partial charge is 0.138 e. The van der Waals surface area contributed by atoms with Gasteiger partial charge in [-0.15, -0.1) is 16.4 Å². The van der Waals surface area contributed by atoms with Crippen LogP contribution in [-0.4, -0.2) is 14.6 Å². The molecule has 4 nitrogen and oxygen atoms in total. The molecule has 0 amide bonds. The van der Waals surface area contributed by atoms with Crippen molar-refractivity contribution in [2.45, 2.75) is 26.2 Å². The molecule has 2 N–H and O–H groups in total.